The van der Waals surface area contributed by atoms with Crippen LogP contribution in [0.5, 0.6) is 0 Å². The summed E-state index contributed by atoms with van der Waals surface area (Å²) in [6.45, 7) is 11.6. The van der Waals surface area contributed by atoms with Crippen LogP contribution in [-0.2, 0) is 25.5 Å². The van der Waals surface area contributed by atoms with E-state index in [4.69, 9.17) is 9.47 Å². The second-order valence-corrected chi connectivity index (χ2v) is 13.6. The predicted octanol–water partition coefficient (Wildman–Crippen LogP) is 4.13. The average Bonchev–Trinajstić information content (AvgIpc) is 3.40. The summed E-state index contributed by atoms with van der Waals surface area (Å²) in [5.41, 5.74) is -0.406. The summed E-state index contributed by atoms with van der Waals surface area (Å²) >= 11 is 6.22. The fourth-order valence-electron chi connectivity index (χ4n) is 4.06. The van der Waals surface area contributed by atoms with Crippen molar-refractivity contribution in [2.45, 2.75) is 95.8 Å². The van der Waals surface area contributed by atoms with Gasteiger partial charge in [-0.2, -0.15) is 12.6 Å². The maximum atomic E-state index is 13.0. The third-order valence-corrected chi connectivity index (χ3v) is 7.48. The maximum absolute atomic E-state index is 13.0. The van der Waals surface area contributed by atoms with E-state index in [-0.39, 0.29) is 11.8 Å². The first-order valence-corrected chi connectivity index (χ1v) is 15.7. The summed E-state index contributed by atoms with van der Waals surface area (Å²) in [6, 6.07) is 8.23. The Balaban J connectivity index is 1.91. The number of thiol groups is 1. The minimum atomic E-state index is -0.821. The molecule has 0 aliphatic carbocycles. The smallest absolute Gasteiger partial charge is 0.408 e. The van der Waals surface area contributed by atoms with Crippen LogP contribution in [-0.4, -0.2) is 82.2 Å². The van der Waals surface area contributed by atoms with Gasteiger partial charge in [0.1, 0.15) is 22.5 Å². The van der Waals surface area contributed by atoms with Gasteiger partial charge in [0.05, 0.1) is 11.9 Å². The number of nitrogens with one attached hydrogen (secondary N) is 3. The first-order chi connectivity index (χ1) is 19.1. The van der Waals surface area contributed by atoms with Crippen LogP contribution in [0.3, 0.4) is 0 Å². The van der Waals surface area contributed by atoms with Gasteiger partial charge in [-0.25, -0.2) is 9.59 Å². The molecule has 1 fully saturated rings. The van der Waals surface area contributed by atoms with Gasteiger partial charge in [0.2, 0.25) is 11.8 Å². The Hall–Kier alpha value is -2.60. The number of amides is 4. The number of alkyl carbamates (subject to hydrolysis) is 2. The van der Waals surface area contributed by atoms with Gasteiger partial charge in [-0.05, 0) is 72.8 Å². The molecule has 4 amide bonds. The van der Waals surface area contributed by atoms with Crippen LogP contribution in [0.4, 0.5) is 9.59 Å². The number of unbranched alkanes of at least 4 members (excludes halogenated alkanes) is 1. The highest BCUT2D eigenvalue weighted by Gasteiger charge is 2.30. The van der Waals surface area contributed by atoms with Gasteiger partial charge >= 0.3 is 12.2 Å². The van der Waals surface area contributed by atoms with Gasteiger partial charge in [-0.3, -0.25) is 9.59 Å². The van der Waals surface area contributed by atoms with Gasteiger partial charge in [0, 0.05) is 18.8 Å². The van der Waals surface area contributed by atoms with E-state index < -0.39 is 40.7 Å². The lowest BCUT2D eigenvalue weighted by Gasteiger charge is -2.27. The van der Waals surface area contributed by atoms with Crippen LogP contribution >= 0.6 is 24.4 Å². The molecular formula is C29H46N4O6S2. The Morgan fingerprint density at radius 3 is 2.12 bits per heavy atom. The molecule has 41 heavy (non-hydrogen) atoms. The van der Waals surface area contributed by atoms with Crippen molar-refractivity contribution in [1.29, 1.82) is 0 Å². The number of ether oxygens (including phenoxy) is 2. The fourth-order valence-corrected chi connectivity index (χ4v) is 5.28. The molecule has 1 saturated heterocycles. The van der Waals surface area contributed by atoms with Crippen molar-refractivity contribution in [3.8, 4) is 0 Å². The van der Waals surface area contributed by atoms with E-state index in [1.54, 1.807) is 58.2 Å². The zero-order valence-corrected chi connectivity index (χ0v) is 26.7. The van der Waals surface area contributed by atoms with E-state index in [1.807, 2.05) is 30.3 Å². The van der Waals surface area contributed by atoms with Crippen molar-refractivity contribution in [1.82, 2.24) is 20.9 Å². The highest BCUT2D eigenvalue weighted by molar-refractivity contribution is 7.99. The molecule has 0 aromatic heterocycles. The molecule has 0 bridgehead atoms. The average molecular weight is 611 g/mol. The molecule has 0 radical (unpaired) electrons. The Morgan fingerprint density at radius 1 is 0.951 bits per heavy atom. The Morgan fingerprint density at radius 2 is 1.56 bits per heavy atom. The molecule has 3 atom stereocenters. The van der Waals surface area contributed by atoms with Gasteiger partial charge in [-0.1, -0.05) is 30.3 Å². The van der Waals surface area contributed by atoms with Crippen LogP contribution < -0.4 is 16.0 Å². The Bertz CT molecular complexity index is 1010. The fraction of sp³-hybridized carbons (Fsp3) is 0.655. The number of nitrogens with zero attached hydrogens (tertiary/aromatic N) is 1. The van der Waals surface area contributed by atoms with Crippen molar-refractivity contribution in [3.05, 3.63) is 35.9 Å². The van der Waals surface area contributed by atoms with Crippen molar-refractivity contribution >= 4 is 48.4 Å². The number of carbonyl (C=O) groups is 4. The molecule has 1 aromatic carbocycles. The topological polar surface area (TPSA) is 126 Å². The minimum Gasteiger partial charge on any atom is -0.444 e. The highest BCUT2D eigenvalue weighted by atomic mass is 32.2. The zero-order chi connectivity index (χ0) is 30.6. The van der Waals surface area contributed by atoms with Crippen molar-refractivity contribution in [2.75, 3.05) is 24.7 Å². The second kappa shape index (κ2) is 16.1. The lowest BCUT2D eigenvalue weighted by atomic mass is 10.0. The molecule has 1 aliphatic heterocycles. The zero-order valence-electron chi connectivity index (χ0n) is 25.0. The maximum Gasteiger partial charge on any atom is 0.408 e. The molecule has 1 heterocycles. The monoisotopic (exact) mass is 610 g/mol. The molecule has 12 heteroatoms. The molecule has 2 rings (SSSR count). The van der Waals surface area contributed by atoms with E-state index in [2.05, 4.69) is 28.6 Å². The van der Waals surface area contributed by atoms with Crippen molar-refractivity contribution < 1.29 is 28.7 Å². The summed E-state index contributed by atoms with van der Waals surface area (Å²) in [4.78, 5) is 52.6. The van der Waals surface area contributed by atoms with Gasteiger partial charge in [0.25, 0.3) is 0 Å². The van der Waals surface area contributed by atoms with Gasteiger partial charge in [0.15, 0.2) is 0 Å². The molecule has 0 spiro atoms. The van der Waals surface area contributed by atoms with Crippen LogP contribution in [0, 0.1) is 0 Å². The SMILES string of the molecule is CC(C)(C)OC(=O)NC(CCCCNC(=O)C(S)C(Cc1ccccc1)NC(=O)OC(C)(C)C)C(=O)N1CCSC1. The van der Waals surface area contributed by atoms with E-state index in [1.165, 1.54) is 0 Å². The third kappa shape index (κ3) is 13.7. The number of hydrogen-bond donors (Lipinski definition) is 4. The highest BCUT2D eigenvalue weighted by Crippen LogP contribution is 2.17. The largest absolute Gasteiger partial charge is 0.444 e. The van der Waals surface area contributed by atoms with E-state index >= 15 is 0 Å². The lowest BCUT2D eigenvalue weighted by Crippen LogP contribution is -2.50. The molecular weight excluding hydrogens is 564 g/mol. The molecule has 10 nitrogen and oxygen atoms in total. The molecule has 1 aliphatic rings. The standard InChI is InChI=1S/C29H46N4O6S2/c1-28(2,3)38-26(36)31-21(25(35)33-16-17-41-19-33)14-10-11-15-30-24(34)23(40)22(18-20-12-8-7-9-13-20)32-27(37)39-29(4,5)6/h7-9,12-13,21-23,40H,10-11,14-19H2,1-6H3,(H,30,34)(H,31,36)(H,32,37). The lowest BCUT2D eigenvalue weighted by molar-refractivity contribution is -0.132. The molecule has 0 saturated carbocycles. The minimum absolute atomic E-state index is 0.128. The second-order valence-electron chi connectivity index (χ2n) is 12.0. The number of hydrogen-bond acceptors (Lipinski definition) is 8. The number of thioether (sulfide) groups is 1. The number of rotatable bonds is 12. The van der Waals surface area contributed by atoms with Crippen LogP contribution in [0.25, 0.3) is 0 Å². The Kier molecular flexibility index (Phi) is 13.6. The molecule has 3 unspecified atom stereocenters. The summed E-state index contributed by atoms with van der Waals surface area (Å²) in [6.07, 6.45) is 0.746. The number of carbonyl (C=O) groups excluding carboxylic acids is 4. The first-order valence-electron chi connectivity index (χ1n) is 14.0. The molecule has 230 valence electrons. The predicted molar refractivity (Wildman–Crippen MR) is 165 cm³/mol. The first kappa shape index (κ1) is 34.6. The quantitative estimate of drug-likeness (QED) is 0.207. The summed E-state index contributed by atoms with van der Waals surface area (Å²) in [5.74, 6) is 1.03. The van der Waals surface area contributed by atoms with Crippen molar-refractivity contribution in [3.63, 3.8) is 0 Å². The van der Waals surface area contributed by atoms with E-state index in [9.17, 15) is 19.2 Å². The van der Waals surface area contributed by atoms with E-state index in [0.717, 1.165) is 11.3 Å². The van der Waals surface area contributed by atoms with Crippen LogP contribution in [0.1, 0.15) is 66.4 Å². The summed E-state index contributed by atoms with van der Waals surface area (Å²) in [7, 11) is 0. The number of benzene rings is 1. The third-order valence-electron chi connectivity index (χ3n) is 5.92. The van der Waals surface area contributed by atoms with Crippen molar-refractivity contribution in [2.24, 2.45) is 0 Å². The van der Waals surface area contributed by atoms with Crippen LogP contribution in [0.15, 0.2) is 30.3 Å². The van der Waals surface area contributed by atoms with Crippen LogP contribution in [0.2, 0.25) is 0 Å². The molecule has 1 aromatic rings. The van der Waals surface area contributed by atoms with Gasteiger partial charge in [-0.15, -0.1) is 11.8 Å². The van der Waals surface area contributed by atoms with E-state index in [0.29, 0.717) is 44.6 Å². The normalized spacial score (nSPS) is 15.8. The summed E-state index contributed by atoms with van der Waals surface area (Å²) < 4.78 is 10.7. The Labute approximate surface area is 253 Å². The van der Waals surface area contributed by atoms with Gasteiger partial charge < -0.3 is 30.3 Å². The molecule has 3 N–H and O–H groups in total. The summed E-state index contributed by atoms with van der Waals surface area (Å²) in [5, 5.41) is 7.59.